The molecule has 1 amide bonds. The van der Waals surface area contributed by atoms with E-state index in [1.165, 1.54) is 31.4 Å². The lowest BCUT2D eigenvalue weighted by Crippen LogP contribution is -2.33. The third-order valence-electron chi connectivity index (χ3n) is 7.03. The van der Waals surface area contributed by atoms with Crippen LogP contribution in [-0.4, -0.2) is 38.6 Å². The van der Waals surface area contributed by atoms with Gasteiger partial charge in [0.05, 0.1) is 29.3 Å². The highest BCUT2D eigenvalue weighted by Gasteiger charge is 2.35. The Labute approximate surface area is 227 Å². The number of hydrogen-bond donors (Lipinski definition) is 2. The van der Waals surface area contributed by atoms with Gasteiger partial charge in [0.15, 0.2) is 11.6 Å². The highest BCUT2D eigenvalue weighted by atomic mass is 35.5. The SMILES string of the molecule is COc1nc(Cl)ccc1-c1nc2cc(F)c(F)cc2n1[C@H](C(=O)Nc1ccc(C(=O)O)cc1)C1CCCCC1. The number of anilines is 1. The molecule has 1 aliphatic rings. The Kier molecular flexibility index (Phi) is 7.47. The quantitative estimate of drug-likeness (QED) is 0.253. The number of carbonyl (C=O) groups excluding carboxylic acids is 1. The Morgan fingerprint density at radius 3 is 2.41 bits per heavy atom. The van der Waals surface area contributed by atoms with Crippen molar-refractivity contribution in [2.75, 3.05) is 12.4 Å². The molecular weight excluding hydrogens is 530 g/mol. The molecule has 2 N–H and O–H groups in total. The van der Waals surface area contributed by atoms with E-state index in [0.29, 0.717) is 11.3 Å². The summed E-state index contributed by atoms with van der Waals surface area (Å²) in [4.78, 5) is 34.1. The molecule has 1 saturated carbocycles. The van der Waals surface area contributed by atoms with Gasteiger partial charge in [0.1, 0.15) is 17.0 Å². The van der Waals surface area contributed by atoms with Crippen molar-refractivity contribution < 1.29 is 28.2 Å². The number of benzene rings is 2. The minimum absolute atomic E-state index is 0.0829. The number of rotatable bonds is 7. The lowest BCUT2D eigenvalue weighted by molar-refractivity contribution is -0.121. The van der Waals surface area contributed by atoms with E-state index < -0.39 is 29.6 Å². The summed E-state index contributed by atoms with van der Waals surface area (Å²) in [6.07, 6.45) is 4.36. The molecule has 39 heavy (non-hydrogen) atoms. The maximum Gasteiger partial charge on any atom is 0.335 e. The van der Waals surface area contributed by atoms with E-state index in [1.54, 1.807) is 16.7 Å². The summed E-state index contributed by atoms with van der Waals surface area (Å²) >= 11 is 6.08. The van der Waals surface area contributed by atoms with E-state index in [4.69, 9.17) is 16.3 Å². The molecule has 0 bridgehead atoms. The molecule has 0 unspecified atom stereocenters. The van der Waals surface area contributed by atoms with E-state index in [-0.39, 0.29) is 39.4 Å². The molecule has 0 radical (unpaired) electrons. The topological polar surface area (TPSA) is 106 Å². The first-order valence-electron chi connectivity index (χ1n) is 12.5. The molecule has 11 heteroatoms. The molecule has 5 rings (SSSR count). The number of aromatic nitrogens is 3. The number of nitrogens with one attached hydrogen (secondary N) is 1. The Hall–Kier alpha value is -4.05. The molecule has 0 spiro atoms. The predicted molar refractivity (Wildman–Crippen MR) is 142 cm³/mol. The second-order valence-corrected chi connectivity index (χ2v) is 9.85. The maximum absolute atomic E-state index is 14.6. The number of nitrogens with zero attached hydrogens (tertiary/aromatic N) is 3. The Morgan fingerprint density at radius 2 is 1.74 bits per heavy atom. The van der Waals surface area contributed by atoms with Gasteiger partial charge in [-0.2, -0.15) is 0 Å². The largest absolute Gasteiger partial charge is 0.480 e. The number of methoxy groups -OCH3 is 1. The number of carboxylic acids is 1. The first-order valence-corrected chi connectivity index (χ1v) is 12.9. The van der Waals surface area contributed by atoms with Crippen LogP contribution in [0.3, 0.4) is 0 Å². The fourth-order valence-electron chi connectivity index (χ4n) is 5.21. The van der Waals surface area contributed by atoms with Crippen molar-refractivity contribution in [1.82, 2.24) is 14.5 Å². The van der Waals surface area contributed by atoms with Crippen LogP contribution >= 0.6 is 11.6 Å². The number of aromatic carboxylic acids is 1. The second kappa shape index (κ2) is 11.0. The van der Waals surface area contributed by atoms with E-state index in [9.17, 15) is 23.5 Å². The van der Waals surface area contributed by atoms with Crippen LogP contribution in [0.2, 0.25) is 5.15 Å². The smallest absolute Gasteiger partial charge is 0.335 e. The number of imidazole rings is 1. The highest BCUT2D eigenvalue weighted by Crippen LogP contribution is 2.41. The van der Waals surface area contributed by atoms with Crippen molar-refractivity contribution in [3.05, 3.63) is 70.9 Å². The van der Waals surface area contributed by atoms with Gasteiger partial charge in [-0.3, -0.25) is 4.79 Å². The molecule has 4 aromatic rings. The van der Waals surface area contributed by atoms with Gasteiger partial charge < -0.3 is 19.7 Å². The van der Waals surface area contributed by atoms with Crippen molar-refractivity contribution in [2.24, 2.45) is 5.92 Å². The normalized spacial score (nSPS) is 14.8. The van der Waals surface area contributed by atoms with Gasteiger partial charge in [0.25, 0.3) is 0 Å². The monoisotopic (exact) mass is 554 g/mol. The molecule has 8 nitrogen and oxygen atoms in total. The number of hydrogen-bond acceptors (Lipinski definition) is 5. The fourth-order valence-corrected chi connectivity index (χ4v) is 5.35. The molecule has 2 heterocycles. The average Bonchev–Trinajstić information content (AvgIpc) is 3.27. The molecule has 1 fully saturated rings. The average molecular weight is 555 g/mol. The standard InChI is InChI=1S/C28H25ClF2N4O4/c1-39-27-18(11-12-23(29)34-27)25-33-21-13-19(30)20(31)14-22(21)35(25)24(15-5-3-2-4-6-15)26(36)32-17-9-7-16(8-10-17)28(37)38/h7-15,24H,2-6H2,1H3,(H,32,36)(H,37,38)/t24-/m0/s1. The summed E-state index contributed by atoms with van der Waals surface area (Å²) in [5.74, 6) is -3.33. The van der Waals surface area contributed by atoms with Gasteiger partial charge in [-0.05, 0) is 55.2 Å². The number of fused-ring (bicyclic) bond motifs is 1. The number of amides is 1. The lowest BCUT2D eigenvalue weighted by atomic mass is 9.83. The number of carboxylic acid groups (broad SMARTS) is 1. The summed E-state index contributed by atoms with van der Waals surface area (Å²) in [6, 6.07) is 10.2. The van der Waals surface area contributed by atoms with Crippen LogP contribution in [0.15, 0.2) is 48.5 Å². The summed E-state index contributed by atoms with van der Waals surface area (Å²) in [5, 5.41) is 12.3. The van der Waals surface area contributed by atoms with Gasteiger partial charge in [-0.1, -0.05) is 30.9 Å². The van der Waals surface area contributed by atoms with Gasteiger partial charge >= 0.3 is 5.97 Å². The molecule has 2 aromatic carbocycles. The first-order chi connectivity index (χ1) is 18.8. The van der Waals surface area contributed by atoms with Crippen LogP contribution in [0, 0.1) is 17.6 Å². The zero-order chi connectivity index (χ0) is 27.7. The van der Waals surface area contributed by atoms with Gasteiger partial charge in [0.2, 0.25) is 11.8 Å². The first kappa shape index (κ1) is 26.6. The maximum atomic E-state index is 14.6. The van der Waals surface area contributed by atoms with Crippen molar-refractivity contribution in [2.45, 2.75) is 38.1 Å². The van der Waals surface area contributed by atoms with Crippen molar-refractivity contribution in [1.29, 1.82) is 0 Å². The van der Waals surface area contributed by atoms with Crippen LogP contribution in [0.4, 0.5) is 14.5 Å². The Balaban J connectivity index is 1.69. The lowest BCUT2D eigenvalue weighted by Gasteiger charge is -2.32. The van der Waals surface area contributed by atoms with Crippen LogP contribution in [-0.2, 0) is 4.79 Å². The Bertz CT molecular complexity index is 1550. The minimum atomic E-state index is -1.08. The minimum Gasteiger partial charge on any atom is -0.480 e. The molecule has 1 aliphatic carbocycles. The molecule has 202 valence electrons. The van der Waals surface area contributed by atoms with Gasteiger partial charge in [-0.25, -0.2) is 23.5 Å². The fraction of sp³-hybridized carbons (Fsp3) is 0.286. The van der Waals surface area contributed by atoms with Crippen LogP contribution in [0.5, 0.6) is 5.88 Å². The van der Waals surface area contributed by atoms with Crippen molar-refractivity contribution in [3.63, 3.8) is 0 Å². The van der Waals surface area contributed by atoms with Crippen LogP contribution in [0.1, 0.15) is 48.5 Å². The zero-order valence-electron chi connectivity index (χ0n) is 21.0. The zero-order valence-corrected chi connectivity index (χ0v) is 21.7. The van der Waals surface area contributed by atoms with E-state index in [2.05, 4.69) is 15.3 Å². The molecule has 0 aliphatic heterocycles. The van der Waals surface area contributed by atoms with Crippen molar-refractivity contribution in [3.8, 4) is 17.3 Å². The predicted octanol–water partition coefficient (Wildman–Crippen LogP) is 6.50. The molecule has 1 atom stereocenters. The number of carbonyl (C=O) groups is 2. The van der Waals surface area contributed by atoms with E-state index >= 15 is 0 Å². The van der Waals surface area contributed by atoms with Gasteiger partial charge in [0, 0.05) is 17.8 Å². The number of ether oxygens (including phenoxy) is 1. The Morgan fingerprint density at radius 1 is 1.05 bits per heavy atom. The molecule has 0 saturated heterocycles. The summed E-state index contributed by atoms with van der Waals surface area (Å²) < 4.78 is 35.9. The number of pyridine rings is 1. The third-order valence-corrected chi connectivity index (χ3v) is 7.25. The summed E-state index contributed by atoms with van der Waals surface area (Å²) in [6.45, 7) is 0. The van der Waals surface area contributed by atoms with Crippen LogP contribution < -0.4 is 10.1 Å². The van der Waals surface area contributed by atoms with Crippen molar-refractivity contribution >= 4 is 40.2 Å². The summed E-state index contributed by atoms with van der Waals surface area (Å²) in [5.41, 5.74) is 1.30. The third kappa shape index (κ3) is 5.29. The molecule has 2 aromatic heterocycles. The van der Waals surface area contributed by atoms with Gasteiger partial charge in [-0.15, -0.1) is 0 Å². The van der Waals surface area contributed by atoms with E-state index in [1.807, 2.05) is 0 Å². The summed E-state index contributed by atoms with van der Waals surface area (Å²) in [7, 11) is 1.42. The second-order valence-electron chi connectivity index (χ2n) is 9.47. The van der Waals surface area contributed by atoms with E-state index in [0.717, 1.165) is 44.2 Å². The highest BCUT2D eigenvalue weighted by molar-refractivity contribution is 6.29. The molecular formula is C28H25ClF2N4O4. The van der Waals surface area contributed by atoms with Crippen LogP contribution in [0.25, 0.3) is 22.4 Å². The number of halogens is 3.